The second-order valence-electron chi connectivity index (χ2n) is 27.7. The van der Waals surface area contributed by atoms with E-state index < -0.39 is 97.5 Å². The molecule has 0 aliphatic carbocycles. The number of carbonyl (C=O) groups excluding carboxylic acids is 4. The maximum atomic E-state index is 13.1. The Labute approximate surface area is 633 Å². The van der Waals surface area contributed by atoms with Crippen LogP contribution in [0, 0.1) is 0 Å². The predicted molar refractivity (Wildman–Crippen MR) is 427 cm³/mol. The minimum Gasteiger partial charge on any atom is -0.462 e. The topological polar surface area (TPSA) is 237 Å². The largest absolute Gasteiger partial charge is 0.472 e. The fourth-order valence-electron chi connectivity index (χ4n) is 11.2. The molecule has 0 aliphatic heterocycles. The molecule has 0 bridgehead atoms. The van der Waals surface area contributed by atoms with Crippen LogP contribution in [0.3, 0.4) is 0 Å². The van der Waals surface area contributed by atoms with Crippen LogP contribution < -0.4 is 0 Å². The van der Waals surface area contributed by atoms with Crippen molar-refractivity contribution in [2.45, 2.75) is 380 Å². The van der Waals surface area contributed by atoms with Gasteiger partial charge in [-0.15, -0.1) is 0 Å². The van der Waals surface area contributed by atoms with Crippen molar-refractivity contribution < 1.29 is 80.2 Å². The lowest BCUT2D eigenvalue weighted by Gasteiger charge is -2.21. The van der Waals surface area contributed by atoms with Crippen LogP contribution in [-0.2, 0) is 65.4 Å². The summed E-state index contributed by atoms with van der Waals surface area (Å²) in [5.74, 6) is -2.26. The second kappa shape index (κ2) is 77.1. The Morgan fingerprint density at radius 3 is 0.837 bits per heavy atom. The number of esters is 4. The van der Waals surface area contributed by atoms with Crippen molar-refractivity contribution >= 4 is 39.5 Å². The molecular weight excluding hydrogens is 1350 g/mol. The second-order valence-corrected chi connectivity index (χ2v) is 30.6. The first-order valence-corrected chi connectivity index (χ1v) is 44.5. The third kappa shape index (κ3) is 76.2. The van der Waals surface area contributed by atoms with Gasteiger partial charge in [0.05, 0.1) is 26.4 Å². The van der Waals surface area contributed by atoms with Gasteiger partial charge in [-0.1, -0.05) is 318 Å². The van der Waals surface area contributed by atoms with E-state index in [1.807, 2.05) is 18.2 Å². The van der Waals surface area contributed by atoms with E-state index in [0.29, 0.717) is 32.1 Å². The smallest absolute Gasteiger partial charge is 0.462 e. The molecule has 0 amide bonds. The first kappa shape index (κ1) is 100.0. The third-order valence-electron chi connectivity index (χ3n) is 17.5. The first-order valence-electron chi connectivity index (χ1n) is 41.5. The van der Waals surface area contributed by atoms with E-state index in [0.717, 1.165) is 128 Å². The van der Waals surface area contributed by atoms with Gasteiger partial charge in [-0.05, 0) is 116 Å². The molecule has 19 heteroatoms. The summed E-state index contributed by atoms with van der Waals surface area (Å²) in [6, 6.07) is 0. The molecule has 0 saturated carbocycles. The van der Waals surface area contributed by atoms with E-state index >= 15 is 0 Å². The van der Waals surface area contributed by atoms with E-state index in [2.05, 4.69) is 107 Å². The Morgan fingerprint density at radius 1 is 0.279 bits per heavy atom. The monoisotopic (exact) mass is 1510 g/mol. The average Bonchev–Trinajstić information content (AvgIpc) is 0.943. The summed E-state index contributed by atoms with van der Waals surface area (Å²) >= 11 is 0. The molecule has 0 rings (SSSR count). The minimum absolute atomic E-state index is 0.0304. The summed E-state index contributed by atoms with van der Waals surface area (Å²) in [6.07, 6.45) is 82.5. The van der Waals surface area contributed by atoms with E-state index in [4.69, 9.17) is 37.0 Å². The van der Waals surface area contributed by atoms with Crippen LogP contribution >= 0.6 is 15.6 Å². The summed E-state index contributed by atoms with van der Waals surface area (Å²) in [4.78, 5) is 73.1. The lowest BCUT2D eigenvalue weighted by molar-refractivity contribution is -0.161. The molecular formula is C85H150O17P2. The van der Waals surface area contributed by atoms with Gasteiger partial charge in [0.2, 0.25) is 0 Å². The fraction of sp³-hybridized carbons (Fsp3) is 0.765. The number of phosphoric acid groups is 2. The molecule has 0 radical (unpaired) electrons. The average molecular weight is 1510 g/mol. The highest BCUT2D eigenvalue weighted by molar-refractivity contribution is 7.47. The summed E-state index contributed by atoms with van der Waals surface area (Å²) in [6.45, 7) is 4.71. The SMILES string of the molecule is CC/C=C\C/C=C\C/C=C\C/C=C\C/C=C\C/C=C\CCC(=O)O[C@H](COC(=O)CCCCCCCCC/C=C\CCCCCC)COP(=O)(O)OC[C@@H](O)COP(=O)(O)OC[C@@H](COC(=O)CCCCCCCCCCCCCCCCC)OC(=O)CCCCCCC/C=C\CCCCCCCC. The van der Waals surface area contributed by atoms with Gasteiger partial charge in [-0.25, -0.2) is 9.13 Å². The Morgan fingerprint density at radius 2 is 0.519 bits per heavy atom. The Hall–Kier alpha value is -4.02. The molecule has 17 nitrogen and oxygen atoms in total. The number of carbonyl (C=O) groups is 4. The van der Waals surface area contributed by atoms with E-state index in [-0.39, 0.29) is 25.7 Å². The molecule has 5 atom stereocenters. The maximum absolute atomic E-state index is 13.1. The molecule has 0 spiro atoms. The Balaban J connectivity index is 5.42. The van der Waals surface area contributed by atoms with E-state index in [9.17, 15) is 43.2 Å². The number of ether oxygens (including phenoxy) is 4. The van der Waals surface area contributed by atoms with Gasteiger partial charge >= 0.3 is 39.5 Å². The molecule has 0 aromatic carbocycles. The lowest BCUT2D eigenvalue weighted by atomic mass is 10.0. The van der Waals surface area contributed by atoms with Crippen LogP contribution in [0.25, 0.3) is 0 Å². The summed E-state index contributed by atoms with van der Waals surface area (Å²) < 4.78 is 68.6. The maximum Gasteiger partial charge on any atom is 0.472 e. The molecule has 2 unspecified atom stereocenters. The molecule has 3 N–H and O–H groups in total. The van der Waals surface area contributed by atoms with Crippen molar-refractivity contribution in [1.82, 2.24) is 0 Å². The number of unbranched alkanes of at least 4 members (excludes halogenated alkanes) is 36. The van der Waals surface area contributed by atoms with Crippen LogP contribution in [0.4, 0.5) is 0 Å². The molecule has 0 aliphatic rings. The van der Waals surface area contributed by atoms with Gasteiger partial charge in [0.25, 0.3) is 0 Å². The molecule has 0 fully saturated rings. The van der Waals surface area contributed by atoms with Gasteiger partial charge in [-0.3, -0.25) is 37.3 Å². The van der Waals surface area contributed by atoms with Crippen molar-refractivity contribution in [3.63, 3.8) is 0 Å². The zero-order chi connectivity index (χ0) is 76.0. The Kier molecular flexibility index (Phi) is 74.2. The zero-order valence-corrected chi connectivity index (χ0v) is 67.7. The zero-order valence-electron chi connectivity index (χ0n) is 65.9. The van der Waals surface area contributed by atoms with Gasteiger partial charge in [0, 0.05) is 25.7 Å². The highest BCUT2D eigenvalue weighted by Gasteiger charge is 2.30. The highest BCUT2D eigenvalue weighted by Crippen LogP contribution is 2.45. The lowest BCUT2D eigenvalue weighted by Crippen LogP contribution is -2.30. The summed E-state index contributed by atoms with van der Waals surface area (Å²) in [5.41, 5.74) is 0. The van der Waals surface area contributed by atoms with Crippen molar-refractivity contribution in [2.75, 3.05) is 39.6 Å². The molecule has 0 aromatic rings. The van der Waals surface area contributed by atoms with Crippen LogP contribution in [0.5, 0.6) is 0 Å². The van der Waals surface area contributed by atoms with Crippen LogP contribution in [-0.4, -0.2) is 96.7 Å². The van der Waals surface area contributed by atoms with Crippen molar-refractivity contribution in [2.24, 2.45) is 0 Å². The van der Waals surface area contributed by atoms with Crippen molar-refractivity contribution in [1.29, 1.82) is 0 Å². The van der Waals surface area contributed by atoms with Crippen molar-refractivity contribution in [3.05, 3.63) is 97.2 Å². The minimum atomic E-state index is -5.00. The van der Waals surface area contributed by atoms with E-state index in [1.54, 1.807) is 0 Å². The molecule has 0 aromatic heterocycles. The van der Waals surface area contributed by atoms with E-state index in [1.165, 1.54) is 148 Å². The summed E-state index contributed by atoms with van der Waals surface area (Å²) in [5, 5.41) is 10.7. The first-order chi connectivity index (χ1) is 50.7. The predicted octanol–water partition coefficient (Wildman–Crippen LogP) is 24.3. The van der Waals surface area contributed by atoms with Gasteiger partial charge in [0.15, 0.2) is 12.2 Å². The normalized spacial score (nSPS) is 14.3. The quantitative estimate of drug-likeness (QED) is 0.0169. The number of phosphoric ester groups is 2. The molecule has 0 saturated heterocycles. The standard InChI is InChI=1S/C85H150O17P2/c1-5-9-13-17-21-25-29-33-37-38-39-40-44-48-52-56-60-64-68-72-85(90)102-81(76-96-83(88)70-66-62-58-54-50-46-42-35-31-27-23-19-15-11-7-3)78-100-104(93,94)98-74-79(86)73-97-103(91,92)99-77-80(101-84(89)71-67-63-59-55-51-47-43-36-32-28-24-20-16-12-8-4)75-95-82(87)69-65-61-57-53-49-45-41-34-30-26-22-18-14-10-6-2/h9,13,21,25,27,31,33,36-37,39-40,43,48,52,60,64,79-81,86H,5-8,10-12,14-20,22-24,26,28-30,32,34-35,38,41-42,44-47,49-51,53-59,61-63,65-78H2,1-4H3,(H,91,92)(H,93,94)/b13-9-,25-21-,31-27-,37-33-,40-39-,43-36-,52-48-,64-60-/t79-,80+,81+/m0/s1. The fourth-order valence-corrected chi connectivity index (χ4v) is 12.8. The molecule has 602 valence electrons. The van der Waals surface area contributed by atoms with Crippen LogP contribution in [0.1, 0.15) is 362 Å². The summed E-state index contributed by atoms with van der Waals surface area (Å²) in [7, 11) is -9.98. The number of allylic oxidation sites excluding steroid dienone is 16. The van der Waals surface area contributed by atoms with Crippen LogP contribution in [0.2, 0.25) is 0 Å². The van der Waals surface area contributed by atoms with Gasteiger partial charge in [0.1, 0.15) is 19.3 Å². The molecule has 104 heavy (non-hydrogen) atoms. The Bertz CT molecular complexity index is 2350. The number of hydrogen-bond acceptors (Lipinski definition) is 15. The van der Waals surface area contributed by atoms with Crippen LogP contribution in [0.15, 0.2) is 97.2 Å². The number of rotatable bonds is 78. The third-order valence-corrected chi connectivity index (χ3v) is 19.4. The molecule has 0 heterocycles. The number of aliphatic hydroxyl groups is 1. The highest BCUT2D eigenvalue weighted by atomic mass is 31.2. The number of hydrogen-bond donors (Lipinski definition) is 3. The number of aliphatic hydroxyl groups excluding tert-OH is 1. The van der Waals surface area contributed by atoms with Crippen molar-refractivity contribution in [3.8, 4) is 0 Å². The van der Waals surface area contributed by atoms with Gasteiger partial charge in [-0.2, -0.15) is 0 Å². The van der Waals surface area contributed by atoms with Gasteiger partial charge < -0.3 is 33.8 Å².